The van der Waals surface area contributed by atoms with Gasteiger partial charge < -0.3 is 5.32 Å². The van der Waals surface area contributed by atoms with Crippen molar-refractivity contribution in [2.45, 2.75) is 39.8 Å². The molecule has 0 saturated carbocycles. The van der Waals surface area contributed by atoms with E-state index in [0.29, 0.717) is 18.9 Å². The van der Waals surface area contributed by atoms with Crippen LogP contribution in [0.2, 0.25) is 0 Å². The van der Waals surface area contributed by atoms with Gasteiger partial charge in [-0.25, -0.2) is 0 Å². The molecule has 1 aromatic heterocycles. The summed E-state index contributed by atoms with van der Waals surface area (Å²) in [5.74, 6) is 0.672. The molecule has 1 aliphatic heterocycles. The Morgan fingerprint density at radius 2 is 2.16 bits per heavy atom. The van der Waals surface area contributed by atoms with Crippen molar-refractivity contribution in [3.05, 3.63) is 53.3 Å². The van der Waals surface area contributed by atoms with Gasteiger partial charge in [-0.1, -0.05) is 24.3 Å². The zero-order chi connectivity index (χ0) is 17.6. The molecule has 0 spiro atoms. The van der Waals surface area contributed by atoms with Gasteiger partial charge in [-0.05, 0) is 49.4 Å². The van der Waals surface area contributed by atoms with Crippen LogP contribution in [0, 0.1) is 19.8 Å². The van der Waals surface area contributed by atoms with Gasteiger partial charge in [0.05, 0.1) is 6.20 Å². The molecule has 0 aliphatic carbocycles. The average Bonchev–Trinajstić information content (AvgIpc) is 3.22. The van der Waals surface area contributed by atoms with Crippen molar-refractivity contribution in [2.75, 3.05) is 19.6 Å². The molecule has 1 atom stereocenters. The van der Waals surface area contributed by atoms with Crippen molar-refractivity contribution in [3.63, 3.8) is 0 Å². The third-order valence-corrected chi connectivity index (χ3v) is 4.94. The summed E-state index contributed by atoms with van der Waals surface area (Å²) in [5, 5.41) is 7.30. The normalized spacial score (nSPS) is 17.8. The Morgan fingerprint density at radius 1 is 1.32 bits per heavy atom. The SMILES string of the molecule is Cc1cnn(CCC(=O)NC[C@@H]2CCN(Cc3ccccc3C)C2)c1. The van der Waals surface area contributed by atoms with E-state index >= 15 is 0 Å². The third kappa shape index (κ3) is 5.16. The first-order valence-corrected chi connectivity index (χ1v) is 9.13. The highest BCUT2D eigenvalue weighted by molar-refractivity contribution is 5.75. The minimum Gasteiger partial charge on any atom is -0.356 e. The molecule has 2 aromatic rings. The fourth-order valence-corrected chi connectivity index (χ4v) is 3.40. The standard InChI is InChI=1S/C20H28N4O/c1-16-11-22-24(13-16)10-8-20(25)21-12-18-7-9-23(14-18)15-19-6-4-3-5-17(19)2/h3-6,11,13,18H,7-10,12,14-15H2,1-2H3,(H,21,25)/t18-/m0/s1. The summed E-state index contributed by atoms with van der Waals surface area (Å²) < 4.78 is 1.83. The van der Waals surface area contributed by atoms with E-state index in [4.69, 9.17) is 0 Å². The maximum atomic E-state index is 12.0. The number of carbonyl (C=O) groups is 1. The zero-order valence-electron chi connectivity index (χ0n) is 15.2. The number of rotatable bonds is 7. The third-order valence-electron chi connectivity index (χ3n) is 4.94. The second-order valence-electron chi connectivity index (χ2n) is 7.15. The van der Waals surface area contributed by atoms with Gasteiger partial charge in [0.25, 0.3) is 0 Å². The highest BCUT2D eigenvalue weighted by atomic mass is 16.1. The summed E-state index contributed by atoms with van der Waals surface area (Å²) in [7, 11) is 0. The van der Waals surface area contributed by atoms with Gasteiger partial charge in [-0.2, -0.15) is 5.10 Å². The summed E-state index contributed by atoms with van der Waals surface area (Å²) in [6.07, 6.45) is 5.43. The predicted octanol–water partition coefficient (Wildman–Crippen LogP) is 2.53. The van der Waals surface area contributed by atoms with Crippen molar-refractivity contribution in [1.29, 1.82) is 0 Å². The number of hydrogen-bond donors (Lipinski definition) is 1. The van der Waals surface area contributed by atoms with Crippen LogP contribution in [0.15, 0.2) is 36.7 Å². The van der Waals surface area contributed by atoms with E-state index in [9.17, 15) is 4.79 Å². The van der Waals surface area contributed by atoms with Gasteiger partial charge in [0.2, 0.25) is 5.91 Å². The fraction of sp³-hybridized carbons (Fsp3) is 0.500. The molecule has 25 heavy (non-hydrogen) atoms. The molecule has 3 rings (SSSR count). The second-order valence-corrected chi connectivity index (χ2v) is 7.15. The van der Waals surface area contributed by atoms with Crippen LogP contribution < -0.4 is 5.32 Å². The minimum atomic E-state index is 0.116. The molecular formula is C20H28N4O. The van der Waals surface area contributed by atoms with Crippen molar-refractivity contribution < 1.29 is 4.79 Å². The van der Waals surface area contributed by atoms with E-state index in [-0.39, 0.29) is 5.91 Å². The fourth-order valence-electron chi connectivity index (χ4n) is 3.40. The van der Waals surface area contributed by atoms with Crippen molar-refractivity contribution in [3.8, 4) is 0 Å². The first-order chi connectivity index (χ1) is 12.1. The van der Waals surface area contributed by atoms with Crippen LogP contribution in [0.25, 0.3) is 0 Å². The Labute approximate surface area is 150 Å². The number of benzene rings is 1. The molecule has 5 heteroatoms. The lowest BCUT2D eigenvalue weighted by atomic mass is 10.1. The molecule has 0 unspecified atom stereocenters. The first kappa shape index (κ1) is 17.7. The molecule has 1 aromatic carbocycles. The number of aryl methyl sites for hydroxylation is 3. The molecule has 0 bridgehead atoms. The van der Waals surface area contributed by atoms with Crippen molar-refractivity contribution in [1.82, 2.24) is 20.0 Å². The monoisotopic (exact) mass is 340 g/mol. The average molecular weight is 340 g/mol. The predicted molar refractivity (Wildman–Crippen MR) is 99.2 cm³/mol. The van der Waals surface area contributed by atoms with Gasteiger partial charge >= 0.3 is 0 Å². The molecule has 1 N–H and O–H groups in total. The summed E-state index contributed by atoms with van der Waals surface area (Å²) >= 11 is 0. The molecule has 1 amide bonds. The summed E-state index contributed by atoms with van der Waals surface area (Å²) in [6.45, 7) is 8.78. The van der Waals surface area contributed by atoms with Crippen molar-refractivity contribution in [2.24, 2.45) is 5.92 Å². The molecule has 0 radical (unpaired) electrons. The van der Waals surface area contributed by atoms with E-state index in [1.54, 1.807) is 0 Å². The number of carbonyl (C=O) groups excluding carboxylic acids is 1. The molecule has 5 nitrogen and oxygen atoms in total. The van der Waals surface area contributed by atoms with Crippen LogP contribution in [0.3, 0.4) is 0 Å². The number of hydrogen-bond acceptors (Lipinski definition) is 3. The summed E-state index contributed by atoms with van der Waals surface area (Å²) in [6, 6.07) is 8.58. The summed E-state index contributed by atoms with van der Waals surface area (Å²) in [4.78, 5) is 14.5. The lowest BCUT2D eigenvalue weighted by Crippen LogP contribution is -2.31. The molecular weight excluding hydrogens is 312 g/mol. The maximum Gasteiger partial charge on any atom is 0.221 e. The topological polar surface area (TPSA) is 50.2 Å². The van der Waals surface area contributed by atoms with Crippen LogP contribution in [0.5, 0.6) is 0 Å². The van der Waals surface area contributed by atoms with Crippen LogP contribution in [0.1, 0.15) is 29.5 Å². The lowest BCUT2D eigenvalue weighted by molar-refractivity contribution is -0.121. The molecule has 1 aliphatic rings. The second kappa shape index (κ2) is 8.30. The van der Waals surface area contributed by atoms with E-state index in [0.717, 1.165) is 38.2 Å². The van der Waals surface area contributed by atoms with E-state index in [1.165, 1.54) is 11.1 Å². The molecule has 1 saturated heterocycles. The Bertz CT molecular complexity index is 709. The zero-order valence-corrected chi connectivity index (χ0v) is 15.2. The van der Waals surface area contributed by atoms with Crippen LogP contribution in [-0.2, 0) is 17.9 Å². The maximum absolute atomic E-state index is 12.0. The van der Waals surface area contributed by atoms with Gasteiger partial charge in [-0.15, -0.1) is 0 Å². The molecule has 1 fully saturated rings. The van der Waals surface area contributed by atoms with Crippen LogP contribution in [-0.4, -0.2) is 40.2 Å². The number of amides is 1. The highest BCUT2D eigenvalue weighted by Crippen LogP contribution is 2.19. The Morgan fingerprint density at radius 3 is 2.92 bits per heavy atom. The van der Waals surface area contributed by atoms with Crippen LogP contribution >= 0.6 is 0 Å². The highest BCUT2D eigenvalue weighted by Gasteiger charge is 2.23. The lowest BCUT2D eigenvalue weighted by Gasteiger charge is -2.17. The quantitative estimate of drug-likeness (QED) is 0.843. The molecule has 2 heterocycles. The Hall–Kier alpha value is -2.14. The number of nitrogens with zero attached hydrogens (tertiary/aromatic N) is 3. The Kier molecular flexibility index (Phi) is 5.87. The largest absolute Gasteiger partial charge is 0.356 e. The van der Waals surface area contributed by atoms with Crippen LogP contribution in [0.4, 0.5) is 0 Å². The smallest absolute Gasteiger partial charge is 0.221 e. The number of aromatic nitrogens is 2. The van der Waals surface area contributed by atoms with Gasteiger partial charge in [0.15, 0.2) is 0 Å². The van der Waals surface area contributed by atoms with Gasteiger partial charge in [-0.3, -0.25) is 14.4 Å². The minimum absolute atomic E-state index is 0.116. The van der Waals surface area contributed by atoms with Gasteiger partial charge in [0, 0.05) is 38.8 Å². The van der Waals surface area contributed by atoms with E-state index < -0.39 is 0 Å². The van der Waals surface area contributed by atoms with Gasteiger partial charge in [0.1, 0.15) is 0 Å². The summed E-state index contributed by atoms with van der Waals surface area (Å²) in [5.41, 5.74) is 3.88. The number of nitrogens with one attached hydrogen (secondary N) is 1. The molecule has 134 valence electrons. The number of likely N-dealkylation sites (tertiary alicyclic amines) is 1. The Balaban J connectivity index is 1.36. The first-order valence-electron chi connectivity index (χ1n) is 9.13. The van der Waals surface area contributed by atoms with E-state index in [2.05, 4.69) is 46.5 Å². The van der Waals surface area contributed by atoms with Crippen molar-refractivity contribution >= 4 is 5.91 Å². The van der Waals surface area contributed by atoms with E-state index in [1.807, 2.05) is 24.0 Å².